The standard InChI is InChI=1S/C19H16ClN5O5S2/c1-29-15-9-16(30-2)14(8-13(15)20)25-6-4-5-12(25)7-11(10-21)17(26)22-18-23-19(24-31-18)32(3,27)28/h4-9H,1-3H3,(H,22,23,24,26). The van der Waals surface area contributed by atoms with Gasteiger partial charge in [-0.1, -0.05) is 11.6 Å². The van der Waals surface area contributed by atoms with Crippen LogP contribution in [0.2, 0.25) is 5.02 Å². The zero-order chi connectivity index (χ0) is 23.5. The minimum absolute atomic E-state index is 0.0458. The van der Waals surface area contributed by atoms with Gasteiger partial charge in [0.05, 0.1) is 24.9 Å². The SMILES string of the molecule is COc1cc(OC)c(-n2cccc2C=C(C#N)C(=O)Nc2nc(S(C)(=O)=O)ns2)cc1Cl. The molecule has 0 unspecified atom stereocenters. The quantitative estimate of drug-likeness (QED) is 0.392. The maximum Gasteiger partial charge on any atom is 0.268 e. The Morgan fingerprint density at radius 3 is 2.62 bits per heavy atom. The first kappa shape index (κ1) is 23.3. The molecule has 0 bridgehead atoms. The number of carbonyl (C=O) groups excluding carboxylic acids is 1. The Hall–Kier alpha value is -3.40. The van der Waals surface area contributed by atoms with Gasteiger partial charge in [-0.3, -0.25) is 10.1 Å². The molecular weight excluding hydrogens is 478 g/mol. The normalized spacial score (nSPS) is 11.7. The van der Waals surface area contributed by atoms with Crippen molar-refractivity contribution < 1.29 is 22.7 Å². The van der Waals surface area contributed by atoms with Crippen LogP contribution < -0.4 is 14.8 Å². The fourth-order valence-corrected chi connectivity index (χ4v) is 4.31. The summed E-state index contributed by atoms with van der Waals surface area (Å²) in [5, 5.41) is 11.8. The summed E-state index contributed by atoms with van der Waals surface area (Å²) in [6.45, 7) is 0. The van der Waals surface area contributed by atoms with Crippen LogP contribution in [0.5, 0.6) is 11.5 Å². The van der Waals surface area contributed by atoms with E-state index < -0.39 is 20.9 Å². The highest BCUT2D eigenvalue weighted by molar-refractivity contribution is 7.90. The van der Waals surface area contributed by atoms with Crippen molar-refractivity contribution >= 4 is 50.1 Å². The number of nitrogens with zero attached hydrogens (tertiary/aromatic N) is 4. The summed E-state index contributed by atoms with van der Waals surface area (Å²) in [6.07, 6.45) is 4.03. The molecule has 0 fully saturated rings. The Bertz CT molecular complexity index is 1350. The molecule has 1 amide bonds. The Labute approximate surface area is 192 Å². The van der Waals surface area contributed by atoms with Gasteiger partial charge in [0.25, 0.3) is 11.1 Å². The summed E-state index contributed by atoms with van der Waals surface area (Å²) < 4.78 is 39.0. The number of hydrogen-bond donors (Lipinski definition) is 1. The van der Waals surface area contributed by atoms with Crippen molar-refractivity contribution in [2.45, 2.75) is 5.16 Å². The van der Waals surface area contributed by atoms with Crippen LogP contribution in [0.3, 0.4) is 0 Å². The maximum absolute atomic E-state index is 12.6. The molecule has 3 rings (SSSR count). The monoisotopic (exact) mass is 493 g/mol. The Balaban J connectivity index is 1.95. The lowest BCUT2D eigenvalue weighted by molar-refractivity contribution is -0.112. The van der Waals surface area contributed by atoms with Gasteiger partial charge < -0.3 is 14.0 Å². The molecule has 3 aromatic rings. The number of anilines is 1. The Kier molecular flexibility index (Phi) is 6.83. The third-order valence-electron chi connectivity index (χ3n) is 4.11. The van der Waals surface area contributed by atoms with Gasteiger partial charge in [0.2, 0.25) is 15.0 Å². The number of amides is 1. The number of ether oxygens (including phenoxy) is 2. The van der Waals surface area contributed by atoms with E-state index in [4.69, 9.17) is 21.1 Å². The average molecular weight is 494 g/mol. The molecule has 0 aliphatic rings. The molecule has 0 aliphatic carbocycles. The number of methoxy groups -OCH3 is 2. The lowest BCUT2D eigenvalue weighted by Gasteiger charge is -2.14. The van der Waals surface area contributed by atoms with E-state index in [0.29, 0.717) is 39.4 Å². The van der Waals surface area contributed by atoms with Crippen LogP contribution in [0.15, 0.2) is 41.2 Å². The lowest BCUT2D eigenvalue weighted by Crippen LogP contribution is -2.14. The van der Waals surface area contributed by atoms with E-state index in [9.17, 15) is 18.5 Å². The molecule has 0 spiro atoms. The topological polar surface area (TPSA) is 136 Å². The molecule has 0 radical (unpaired) electrons. The third kappa shape index (κ3) is 4.91. The molecule has 0 saturated carbocycles. The van der Waals surface area contributed by atoms with Crippen molar-refractivity contribution in [1.29, 1.82) is 5.26 Å². The number of hydrogen-bond acceptors (Lipinski definition) is 9. The van der Waals surface area contributed by atoms with Crippen LogP contribution in [0.25, 0.3) is 11.8 Å². The molecule has 10 nitrogen and oxygen atoms in total. The number of nitrogens with one attached hydrogen (secondary N) is 1. The van der Waals surface area contributed by atoms with Gasteiger partial charge in [-0.15, -0.1) is 0 Å². The number of carbonyl (C=O) groups is 1. The molecule has 0 atom stereocenters. The molecule has 0 aliphatic heterocycles. The number of benzene rings is 1. The van der Waals surface area contributed by atoms with Crippen molar-refractivity contribution in [2.24, 2.45) is 0 Å². The van der Waals surface area contributed by atoms with Gasteiger partial charge in [-0.05, 0) is 24.3 Å². The van der Waals surface area contributed by atoms with Crippen molar-refractivity contribution in [1.82, 2.24) is 13.9 Å². The smallest absolute Gasteiger partial charge is 0.268 e. The van der Waals surface area contributed by atoms with Crippen LogP contribution in [0.4, 0.5) is 5.13 Å². The third-order valence-corrected chi connectivity index (χ3v) is 6.00. The summed E-state index contributed by atoms with van der Waals surface area (Å²) in [4.78, 5) is 16.3. The molecule has 13 heteroatoms. The highest BCUT2D eigenvalue weighted by Crippen LogP contribution is 2.35. The molecule has 2 heterocycles. The van der Waals surface area contributed by atoms with E-state index in [2.05, 4.69) is 14.7 Å². The predicted molar refractivity (Wildman–Crippen MR) is 119 cm³/mol. The largest absolute Gasteiger partial charge is 0.495 e. The Morgan fingerprint density at radius 1 is 1.31 bits per heavy atom. The maximum atomic E-state index is 12.6. The summed E-state index contributed by atoms with van der Waals surface area (Å²) in [7, 11) is -0.637. The van der Waals surface area contributed by atoms with Crippen LogP contribution >= 0.6 is 23.1 Å². The van der Waals surface area contributed by atoms with Crippen molar-refractivity contribution in [3.63, 3.8) is 0 Å². The zero-order valence-corrected chi connectivity index (χ0v) is 19.4. The van der Waals surface area contributed by atoms with E-state index >= 15 is 0 Å². The second-order valence-electron chi connectivity index (χ2n) is 6.24. The first-order valence-electron chi connectivity index (χ1n) is 8.74. The van der Waals surface area contributed by atoms with E-state index in [0.717, 1.165) is 6.26 Å². The number of rotatable bonds is 7. The fourth-order valence-electron chi connectivity index (χ4n) is 2.64. The van der Waals surface area contributed by atoms with Crippen LogP contribution in [-0.2, 0) is 14.6 Å². The number of halogens is 1. The summed E-state index contributed by atoms with van der Waals surface area (Å²) in [5.74, 6) is 0.123. The average Bonchev–Trinajstić information content (AvgIpc) is 3.41. The van der Waals surface area contributed by atoms with Gasteiger partial charge >= 0.3 is 0 Å². The minimum Gasteiger partial charge on any atom is -0.495 e. The number of aromatic nitrogens is 3. The molecular formula is C19H16ClN5O5S2. The highest BCUT2D eigenvalue weighted by atomic mass is 35.5. The zero-order valence-electron chi connectivity index (χ0n) is 17.0. The molecule has 166 valence electrons. The van der Waals surface area contributed by atoms with Gasteiger partial charge in [0.15, 0.2) is 0 Å². The first-order valence-corrected chi connectivity index (χ1v) is 11.8. The lowest BCUT2D eigenvalue weighted by atomic mass is 10.2. The molecule has 2 aromatic heterocycles. The van der Waals surface area contributed by atoms with Crippen LogP contribution in [0.1, 0.15) is 5.69 Å². The first-order chi connectivity index (χ1) is 15.2. The van der Waals surface area contributed by atoms with Crippen molar-refractivity contribution in [3.05, 3.63) is 46.8 Å². The predicted octanol–water partition coefficient (Wildman–Crippen LogP) is 2.95. The van der Waals surface area contributed by atoms with E-state index in [-0.39, 0.29) is 10.7 Å². The highest BCUT2D eigenvalue weighted by Gasteiger charge is 2.19. The van der Waals surface area contributed by atoms with Crippen LogP contribution in [-0.4, -0.2) is 48.7 Å². The van der Waals surface area contributed by atoms with E-state index in [1.165, 1.54) is 20.3 Å². The summed E-state index contributed by atoms with van der Waals surface area (Å²) >= 11 is 6.95. The molecule has 32 heavy (non-hydrogen) atoms. The van der Waals surface area contributed by atoms with Gasteiger partial charge in [-0.25, -0.2) is 8.42 Å². The van der Waals surface area contributed by atoms with E-state index in [1.807, 2.05) is 6.07 Å². The fraction of sp³-hybridized carbons (Fsp3) is 0.158. The summed E-state index contributed by atoms with van der Waals surface area (Å²) in [6, 6.07) is 8.50. The van der Waals surface area contributed by atoms with Crippen molar-refractivity contribution in [3.8, 4) is 23.3 Å². The van der Waals surface area contributed by atoms with E-state index in [1.54, 1.807) is 35.0 Å². The van der Waals surface area contributed by atoms with Crippen LogP contribution in [0, 0.1) is 11.3 Å². The number of sulfone groups is 1. The summed E-state index contributed by atoms with van der Waals surface area (Å²) in [5.41, 5.74) is 0.819. The molecule has 0 saturated heterocycles. The van der Waals surface area contributed by atoms with Crippen molar-refractivity contribution in [2.75, 3.05) is 25.8 Å². The van der Waals surface area contributed by atoms with Gasteiger partial charge in [-0.2, -0.15) is 14.6 Å². The Morgan fingerprint density at radius 2 is 2.03 bits per heavy atom. The van der Waals surface area contributed by atoms with Gasteiger partial charge in [0.1, 0.15) is 23.1 Å². The second kappa shape index (κ2) is 9.39. The second-order valence-corrected chi connectivity index (χ2v) is 9.31. The number of nitriles is 1. The molecule has 1 N–H and O–H groups in total. The molecule has 1 aromatic carbocycles. The van der Waals surface area contributed by atoms with Gasteiger partial charge in [0, 0.05) is 35.7 Å². The minimum atomic E-state index is -3.61.